The lowest BCUT2D eigenvalue weighted by Gasteiger charge is -1.79. The Hall–Kier alpha value is -0.890. The molecule has 0 radical (unpaired) electrons. The first-order chi connectivity index (χ1) is 8.97. The van der Waals surface area contributed by atoms with Gasteiger partial charge in [-0.2, -0.15) is 0 Å². The van der Waals surface area contributed by atoms with Crippen molar-refractivity contribution in [1.29, 1.82) is 0 Å². The highest BCUT2D eigenvalue weighted by Crippen LogP contribution is 1.79. The van der Waals surface area contributed by atoms with Crippen LogP contribution in [0.25, 0.3) is 0 Å². The normalized spacial score (nSPS) is 7.50. The fourth-order valence-corrected chi connectivity index (χ4v) is 0.474. The number of primary amides is 2. The summed E-state index contributed by atoms with van der Waals surface area (Å²) in [6.07, 6.45) is 6.11. The molecule has 0 bridgehead atoms. The second kappa shape index (κ2) is 43.0. The molecule has 0 aliphatic carbocycles. The molecule has 0 saturated heterocycles. The van der Waals surface area contributed by atoms with Gasteiger partial charge in [-0.3, -0.25) is 0 Å². The Balaban J connectivity index is -0.0000000494. The second-order valence-corrected chi connectivity index (χ2v) is 3.63. The maximum atomic E-state index is 9.00. The van der Waals surface area contributed by atoms with Crippen LogP contribution in [0.3, 0.4) is 0 Å². The van der Waals surface area contributed by atoms with Crippen molar-refractivity contribution in [2.45, 2.75) is 59.3 Å². The van der Waals surface area contributed by atoms with E-state index in [2.05, 4.69) is 32.2 Å². The molecule has 0 heterocycles. The smallest absolute Gasteiger partial charge is 0.309 e. The number of unbranched alkanes of at least 4 members (excludes halogenated alkanes) is 3. The lowest BCUT2D eigenvalue weighted by molar-refractivity contribution is 0.256. The lowest BCUT2D eigenvalue weighted by Crippen LogP contribution is -2.18. The fourth-order valence-electron chi connectivity index (χ4n) is 0.474. The molecule has 0 unspecified atom stereocenters. The monoisotopic (exact) mass is 300 g/mol. The van der Waals surface area contributed by atoms with Crippen molar-refractivity contribution in [1.82, 2.24) is 0 Å². The Kier molecular flexibility index (Phi) is 67.6. The van der Waals surface area contributed by atoms with Gasteiger partial charge in [-0.15, -0.1) is 0 Å². The van der Waals surface area contributed by atoms with Gasteiger partial charge in [-0.05, 0) is 19.3 Å². The zero-order valence-corrected chi connectivity index (χ0v) is 13.3. The third-order valence-corrected chi connectivity index (χ3v) is 1.54. The van der Waals surface area contributed by atoms with E-state index in [9.17, 15) is 0 Å². The first-order valence-corrected chi connectivity index (χ1v) is 6.85. The summed E-state index contributed by atoms with van der Waals surface area (Å²) < 4.78 is 0. The van der Waals surface area contributed by atoms with Gasteiger partial charge in [0.2, 0.25) is 0 Å². The molecule has 0 aromatic heterocycles. The van der Waals surface area contributed by atoms with Gasteiger partial charge in [-0.1, -0.05) is 40.0 Å². The molecule has 0 spiro atoms. The average Bonchev–Trinajstić information content (AvgIpc) is 2.33. The van der Waals surface area contributed by atoms with E-state index < -0.39 is 6.03 Å². The summed E-state index contributed by atoms with van der Waals surface area (Å²) in [5, 5.41) is 24.2. The van der Waals surface area contributed by atoms with Crippen LogP contribution in [-0.2, 0) is 0 Å². The van der Waals surface area contributed by atoms with Crippen LogP contribution >= 0.6 is 0 Å². The van der Waals surface area contributed by atoms with E-state index >= 15 is 0 Å². The Bertz CT molecular complexity index is 114. The molecule has 9 N–H and O–H groups in total. The molecule has 0 atom stereocenters. The van der Waals surface area contributed by atoms with Gasteiger partial charge in [0.15, 0.2) is 0 Å². The topological polar surface area (TPSA) is 161 Å². The molecule has 2 amide bonds. The van der Waals surface area contributed by atoms with Crippen LogP contribution in [0.1, 0.15) is 59.3 Å². The number of hydrogen-bond acceptors (Lipinski definition) is 4. The standard InChI is InChI=1S/3C4H10O.CH4N2O.H2O/c3*1-2-3-4-5;2-1(3)4;/h3*5H,2-4H2,1H3;(H4,2,3,4);1H2. The summed E-state index contributed by atoms with van der Waals surface area (Å²) in [4.78, 5) is 9.00. The van der Waals surface area contributed by atoms with Gasteiger partial charge in [0, 0.05) is 19.8 Å². The molecule has 0 saturated carbocycles. The summed E-state index contributed by atoms with van der Waals surface area (Å²) in [5.74, 6) is 0. The summed E-state index contributed by atoms with van der Waals surface area (Å²) >= 11 is 0. The van der Waals surface area contributed by atoms with Gasteiger partial charge in [0.1, 0.15) is 0 Å². The Morgan fingerprint density at radius 2 is 0.900 bits per heavy atom. The van der Waals surface area contributed by atoms with Crippen LogP contribution in [0.4, 0.5) is 4.79 Å². The SMILES string of the molecule is CCCCO.CCCCO.CCCCO.NC(N)=O.O. The van der Waals surface area contributed by atoms with E-state index in [1.165, 1.54) is 0 Å². The lowest BCUT2D eigenvalue weighted by atomic mass is 10.4. The number of carbonyl (C=O) groups excluding carboxylic acids is 1. The van der Waals surface area contributed by atoms with Gasteiger partial charge >= 0.3 is 6.03 Å². The zero-order valence-electron chi connectivity index (χ0n) is 13.3. The first kappa shape index (κ1) is 31.5. The van der Waals surface area contributed by atoms with E-state index in [1.54, 1.807) is 0 Å². The van der Waals surface area contributed by atoms with Crippen molar-refractivity contribution >= 4 is 6.03 Å². The molecule has 20 heavy (non-hydrogen) atoms. The number of hydrogen-bond donors (Lipinski definition) is 5. The highest BCUT2D eigenvalue weighted by Gasteiger charge is 1.70. The van der Waals surface area contributed by atoms with Crippen LogP contribution in [-0.4, -0.2) is 46.6 Å². The summed E-state index contributed by atoms with van der Waals surface area (Å²) in [6.45, 7) is 7.19. The van der Waals surface area contributed by atoms with Gasteiger partial charge in [0.25, 0.3) is 0 Å². The molecule has 7 nitrogen and oxygen atoms in total. The minimum Gasteiger partial charge on any atom is -0.412 e. The maximum Gasteiger partial charge on any atom is 0.309 e. The van der Waals surface area contributed by atoms with Crippen LogP contribution in [0.15, 0.2) is 0 Å². The summed E-state index contributed by atoms with van der Waals surface area (Å²) in [7, 11) is 0. The number of rotatable bonds is 6. The van der Waals surface area contributed by atoms with E-state index in [1.807, 2.05) is 0 Å². The molecular formula is C13H36N2O5. The predicted molar refractivity (Wildman–Crippen MR) is 83.4 cm³/mol. The Morgan fingerprint density at radius 3 is 0.900 bits per heavy atom. The highest BCUT2D eigenvalue weighted by atomic mass is 16.3. The molecule has 0 aliphatic rings. The molecule has 0 aromatic rings. The van der Waals surface area contributed by atoms with E-state index in [4.69, 9.17) is 20.1 Å². The third-order valence-electron chi connectivity index (χ3n) is 1.54. The van der Waals surface area contributed by atoms with Crippen LogP contribution < -0.4 is 11.5 Å². The Morgan fingerprint density at radius 1 is 0.750 bits per heavy atom. The predicted octanol–water partition coefficient (Wildman–Crippen LogP) is 0.536. The second-order valence-electron chi connectivity index (χ2n) is 3.63. The van der Waals surface area contributed by atoms with E-state index in [0.29, 0.717) is 19.8 Å². The Labute approximate surface area is 123 Å². The van der Waals surface area contributed by atoms with Crippen molar-refractivity contribution in [2.24, 2.45) is 11.5 Å². The van der Waals surface area contributed by atoms with Crippen molar-refractivity contribution in [3.8, 4) is 0 Å². The van der Waals surface area contributed by atoms with Crippen molar-refractivity contribution < 1.29 is 25.6 Å². The van der Waals surface area contributed by atoms with Gasteiger partial charge < -0.3 is 32.3 Å². The van der Waals surface area contributed by atoms with E-state index in [-0.39, 0.29) is 5.48 Å². The van der Waals surface area contributed by atoms with E-state index in [0.717, 1.165) is 38.5 Å². The molecule has 0 aromatic carbocycles. The van der Waals surface area contributed by atoms with Gasteiger partial charge in [0.05, 0.1) is 0 Å². The van der Waals surface area contributed by atoms with Crippen molar-refractivity contribution in [3.63, 3.8) is 0 Å². The summed E-state index contributed by atoms with van der Waals surface area (Å²) in [5.41, 5.74) is 8.50. The van der Waals surface area contributed by atoms with Crippen LogP contribution in [0.2, 0.25) is 0 Å². The average molecular weight is 300 g/mol. The minimum absolute atomic E-state index is 0. The largest absolute Gasteiger partial charge is 0.412 e. The third kappa shape index (κ3) is 170. The number of amides is 2. The zero-order chi connectivity index (χ0) is 15.9. The van der Waals surface area contributed by atoms with Crippen molar-refractivity contribution in [2.75, 3.05) is 19.8 Å². The number of nitrogens with two attached hydrogens (primary N) is 2. The fraction of sp³-hybridized carbons (Fsp3) is 0.923. The quantitative estimate of drug-likeness (QED) is 0.484. The molecule has 128 valence electrons. The minimum atomic E-state index is -0.833. The number of urea groups is 1. The molecule has 7 heteroatoms. The number of aliphatic hydroxyl groups excluding tert-OH is 3. The molecular weight excluding hydrogens is 264 g/mol. The number of carbonyl (C=O) groups is 1. The number of aliphatic hydroxyl groups is 3. The molecule has 0 fully saturated rings. The maximum absolute atomic E-state index is 9.00. The van der Waals surface area contributed by atoms with Crippen molar-refractivity contribution in [3.05, 3.63) is 0 Å². The highest BCUT2D eigenvalue weighted by molar-refractivity contribution is 5.69. The van der Waals surface area contributed by atoms with Crippen LogP contribution in [0.5, 0.6) is 0 Å². The van der Waals surface area contributed by atoms with Gasteiger partial charge in [-0.25, -0.2) is 4.79 Å². The summed E-state index contributed by atoms with van der Waals surface area (Å²) in [6, 6.07) is -0.833. The molecule has 0 aliphatic heterocycles. The van der Waals surface area contributed by atoms with Crippen LogP contribution in [0, 0.1) is 0 Å². The molecule has 0 rings (SSSR count). The first-order valence-electron chi connectivity index (χ1n) is 6.85.